The molecule has 3 aromatic carbocycles. The van der Waals surface area contributed by atoms with Crippen molar-refractivity contribution >= 4 is 29.1 Å². The van der Waals surface area contributed by atoms with E-state index in [4.69, 9.17) is 11.6 Å². The van der Waals surface area contributed by atoms with Gasteiger partial charge in [-0.1, -0.05) is 48.0 Å². The van der Waals surface area contributed by atoms with Crippen LogP contribution in [0.3, 0.4) is 0 Å². The van der Waals surface area contributed by atoms with E-state index in [1.54, 1.807) is 49.4 Å². The van der Waals surface area contributed by atoms with E-state index in [0.29, 0.717) is 33.0 Å². The van der Waals surface area contributed by atoms with Crippen LogP contribution < -0.4 is 16.8 Å². The Bertz CT molecular complexity index is 2010. The van der Waals surface area contributed by atoms with E-state index in [-0.39, 0.29) is 18.7 Å². The molecule has 0 spiro atoms. The second-order valence-corrected chi connectivity index (χ2v) is 11.9. The number of hydrazine groups is 1. The van der Waals surface area contributed by atoms with Crippen LogP contribution in [-0.4, -0.2) is 35.9 Å². The Hall–Kier alpha value is -4.90. The van der Waals surface area contributed by atoms with E-state index in [0.717, 1.165) is 9.58 Å². The Kier molecular flexibility index (Phi) is 6.22. The van der Waals surface area contributed by atoms with Gasteiger partial charge < -0.3 is 5.11 Å². The van der Waals surface area contributed by atoms with Crippen LogP contribution in [0, 0.1) is 18.7 Å². The molecule has 224 valence electrons. The molecule has 10 nitrogen and oxygen atoms in total. The Morgan fingerprint density at radius 3 is 2.39 bits per heavy atom. The van der Waals surface area contributed by atoms with Gasteiger partial charge in [-0.3, -0.25) is 15.0 Å². The summed E-state index contributed by atoms with van der Waals surface area (Å²) in [6.07, 6.45) is 1.84. The van der Waals surface area contributed by atoms with E-state index in [1.165, 1.54) is 40.7 Å². The summed E-state index contributed by atoms with van der Waals surface area (Å²) in [6.45, 7) is 1.80. The van der Waals surface area contributed by atoms with Crippen LogP contribution in [0.25, 0.3) is 0 Å². The number of carbonyl (C=O) groups excluding carboxylic acids is 2. The fraction of sp³-hybridized carbons (Fsp3) is 0.250. The standard InChI is InChI=1S/C32H27ClFN5O5/c1-17-4-3-5-23(27(17)40)26-22-14-15-37-30(43)36(2)31(44)39(37)25(22)16-24-28(41)38(35-21-12-10-20(34)11-13-21)29(42)32(24,26)18-6-8-19(33)9-7-18/h3-14,24-26,35,40H,15-16H2,1-2H3. The van der Waals surface area contributed by atoms with Crippen molar-refractivity contribution in [3.8, 4) is 5.75 Å². The summed E-state index contributed by atoms with van der Waals surface area (Å²) in [6, 6.07) is 16.4. The van der Waals surface area contributed by atoms with E-state index in [1.807, 2.05) is 6.08 Å². The largest absolute Gasteiger partial charge is 0.507 e. The predicted molar refractivity (Wildman–Crippen MR) is 160 cm³/mol. The van der Waals surface area contributed by atoms with Gasteiger partial charge in [0.05, 0.1) is 29.6 Å². The maximum atomic E-state index is 15.0. The second kappa shape index (κ2) is 9.81. The van der Waals surface area contributed by atoms with Gasteiger partial charge in [-0.25, -0.2) is 27.9 Å². The van der Waals surface area contributed by atoms with Gasteiger partial charge in [0.1, 0.15) is 11.6 Å². The topological polar surface area (TPSA) is 119 Å². The van der Waals surface area contributed by atoms with Gasteiger partial charge in [0, 0.05) is 23.6 Å². The predicted octanol–water partition coefficient (Wildman–Crippen LogP) is 3.77. The van der Waals surface area contributed by atoms with Gasteiger partial charge in [-0.05, 0) is 66.4 Å². The summed E-state index contributed by atoms with van der Waals surface area (Å²) < 4.78 is 17.4. The quantitative estimate of drug-likeness (QED) is 0.267. The number of phenolic OH excluding ortho intramolecular Hbond substituents is 1. The summed E-state index contributed by atoms with van der Waals surface area (Å²) in [4.78, 5) is 55.8. The molecule has 7 rings (SSSR count). The maximum Gasteiger partial charge on any atom is 0.347 e. The number of imide groups is 1. The molecule has 1 saturated heterocycles. The van der Waals surface area contributed by atoms with Crippen molar-refractivity contribution in [2.45, 2.75) is 37.3 Å². The highest BCUT2D eigenvalue weighted by Crippen LogP contribution is 2.62. The molecular weight excluding hydrogens is 589 g/mol. The first-order valence-corrected chi connectivity index (χ1v) is 14.5. The minimum absolute atomic E-state index is 0.0209. The Balaban J connectivity index is 1.52. The van der Waals surface area contributed by atoms with Gasteiger partial charge >= 0.3 is 11.4 Å². The van der Waals surface area contributed by atoms with E-state index < -0.39 is 52.3 Å². The Labute approximate surface area is 255 Å². The number of aromatic hydroxyl groups is 1. The van der Waals surface area contributed by atoms with E-state index in [9.17, 15) is 28.7 Å². The Morgan fingerprint density at radius 1 is 0.977 bits per heavy atom. The Morgan fingerprint density at radius 2 is 1.68 bits per heavy atom. The smallest absolute Gasteiger partial charge is 0.347 e. The van der Waals surface area contributed by atoms with E-state index >= 15 is 0 Å². The molecule has 0 bridgehead atoms. The highest BCUT2D eigenvalue weighted by atomic mass is 35.5. The molecule has 2 aliphatic heterocycles. The number of phenols is 1. The lowest BCUT2D eigenvalue weighted by molar-refractivity contribution is -0.138. The van der Waals surface area contributed by atoms with Crippen LogP contribution in [0.5, 0.6) is 5.75 Å². The molecule has 4 aromatic rings. The number of hydrogen-bond acceptors (Lipinski definition) is 6. The van der Waals surface area contributed by atoms with Gasteiger partial charge in [0.15, 0.2) is 0 Å². The van der Waals surface area contributed by atoms with Crippen molar-refractivity contribution in [2.24, 2.45) is 13.0 Å². The first-order chi connectivity index (χ1) is 21.0. The van der Waals surface area contributed by atoms with E-state index in [2.05, 4.69) is 5.43 Å². The molecule has 44 heavy (non-hydrogen) atoms. The zero-order valence-corrected chi connectivity index (χ0v) is 24.5. The van der Waals surface area contributed by atoms with Gasteiger partial charge in [0.25, 0.3) is 11.8 Å². The van der Waals surface area contributed by atoms with Gasteiger partial charge in [-0.2, -0.15) is 5.01 Å². The van der Waals surface area contributed by atoms with Crippen molar-refractivity contribution in [1.29, 1.82) is 0 Å². The number of rotatable bonds is 4. The second-order valence-electron chi connectivity index (χ2n) is 11.5. The molecular formula is C32H27ClFN5O5. The average molecular weight is 616 g/mol. The van der Waals surface area contributed by atoms with Crippen molar-refractivity contribution in [1.82, 2.24) is 18.9 Å². The minimum Gasteiger partial charge on any atom is -0.507 e. The van der Waals surface area contributed by atoms with Crippen LogP contribution in [0.4, 0.5) is 10.1 Å². The third-order valence-corrected chi connectivity index (χ3v) is 9.54. The number of nitrogens with one attached hydrogen (secondary N) is 1. The lowest BCUT2D eigenvalue weighted by Crippen LogP contribution is -2.53. The number of allylic oxidation sites excluding steroid dienone is 2. The van der Waals surface area contributed by atoms with Crippen molar-refractivity contribution in [2.75, 3.05) is 5.43 Å². The van der Waals surface area contributed by atoms with Crippen LogP contribution in [0.1, 0.15) is 35.1 Å². The summed E-state index contributed by atoms with van der Waals surface area (Å²) in [7, 11) is 1.39. The molecule has 2 N–H and O–H groups in total. The van der Waals surface area contributed by atoms with Crippen LogP contribution in [0.15, 0.2) is 88.0 Å². The molecule has 3 aliphatic rings. The molecule has 2 amide bonds. The number of carbonyl (C=O) groups is 2. The lowest BCUT2D eigenvalue weighted by atomic mass is 9.53. The van der Waals surface area contributed by atoms with Crippen LogP contribution in [0.2, 0.25) is 5.02 Å². The van der Waals surface area contributed by atoms with Crippen LogP contribution in [-0.2, 0) is 28.6 Å². The number of fused-ring (bicyclic) bond motifs is 4. The third-order valence-electron chi connectivity index (χ3n) is 9.29. The highest BCUT2D eigenvalue weighted by molar-refractivity contribution is 6.30. The summed E-state index contributed by atoms with van der Waals surface area (Å²) >= 11 is 6.28. The molecule has 3 heterocycles. The van der Waals surface area contributed by atoms with Gasteiger partial charge in [-0.15, -0.1) is 0 Å². The zero-order chi connectivity index (χ0) is 31.1. The molecule has 1 saturated carbocycles. The number of para-hydroxylation sites is 1. The molecule has 4 unspecified atom stereocenters. The number of halogens is 2. The number of nitrogens with zero attached hydrogens (tertiary/aromatic N) is 4. The fourth-order valence-electron chi connectivity index (χ4n) is 7.29. The molecule has 2 fully saturated rings. The minimum atomic E-state index is -1.58. The number of benzene rings is 3. The fourth-order valence-corrected chi connectivity index (χ4v) is 7.41. The third kappa shape index (κ3) is 3.71. The number of aryl methyl sites for hydroxylation is 1. The number of anilines is 1. The van der Waals surface area contributed by atoms with Crippen LogP contribution >= 0.6 is 11.6 Å². The first-order valence-electron chi connectivity index (χ1n) is 14.1. The molecule has 0 radical (unpaired) electrons. The number of aromatic nitrogens is 3. The lowest BCUT2D eigenvalue weighted by Gasteiger charge is -2.49. The molecule has 1 aliphatic carbocycles. The highest BCUT2D eigenvalue weighted by Gasteiger charge is 2.69. The van der Waals surface area contributed by atoms with Crippen molar-refractivity contribution < 1.29 is 19.1 Å². The molecule has 1 aromatic heterocycles. The maximum absolute atomic E-state index is 15.0. The zero-order valence-electron chi connectivity index (χ0n) is 23.7. The SMILES string of the molecule is Cc1cccc(C2C3=CCn4c(=O)n(C)c(=O)n4C3CC3C(=O)N(Nc4ccc(F)cc4)C(=O)C32c2ccc(Cl)cc2)c1O. The summed E-state index contributed by atoms with van der Waals surface area (Å²) in [5.74, 6) is -3.61. The monoisotopic (exact) mass is 615 g/mol. The summed E-state index contributed by atoms with van der Waals surface area (Å²) in [5, 5.41) is 12.9. The summed E-state index contributed by atoms with van der Waals surface area (Å²) in [5.41, 5.74) is 2.69. The van der Waals surface area contributed by atoms with Crippen molar-refractivity contribution in [3.05, 3.63) is 127 Å². The first kappa shape index (κ1) is 27.9. The van der Waals surface area contributed by atoms with Gasteiger partial charge in [0.2, 0.25) is 0 Å². The van der Waals surface area contributed by atoms with Crippen molar-refractivity contribution in [3.63, 3.8) is 0 Å². The number of amides is 2. The molecule has 12 heteroatoms. The number of hydrogen-bond donors (Lipinski definition) is 2. The normalized spacial score (nSPS) is 24.0. The molecule has 4 atom stereocenters. The average Bonchev–Trinajstić information content (AvgIpc) is 3.36.